The van der Waals surface area contributed by atoms with Crippen LogP contribution in [-0.2, 0) is 16.8 Å². The monoisotopic (exact) mass is 553 g/mol. The van der Waals surface area contributed by atoms with Crippen molar-refractivity contribution in [2.24, 2.45) is 16.0 Å². The summed E-state index contributed by atoms with van der Waals surface area (Å²) in [7, 11) is 0. The second-order valence-electron chi connectivity index (χ2n) is 11.7. The maximum absolute atomic E-state index is 13.1. The average Bonchev–Trinajstić information content (AvgIpc) is 3.53. The number of amidine groups is 2. The molecular weight excluding hydrogens is 518 g/mol. The number of thioether (sulfide) groups is 1. The summed E-state index contributed by atoms with van der Waals surface area (Å²) in [5, 5.41) is 17.7. The Hall–Kier alpha value is -3.65. The number of aliphatic imine (C=N–C) groups is 1. The van der Waals surface area contributed by atoms with Crippen LogP contribution in [0.4, 0.5) is 0 Å². The average molecular weight is 554 g/mol. The second kappa shape index (κ2) is 10.7. The van der Waals surface area contributed by atoms with Gasteiger partial charge in [0.05, 0.1) is 12.1 Å². The molecule has 40 heavy (non-hydrogen) atoms. The van der Waals surface area contributed by atoms with Crippen LogP contribution in [0.1, 0.15) is 64.0 Å². The van der Waals surface area contributed by atoms with Gasteiger partial charge in [-0.1, -0.05) is 76.4 Å². The quantitative estimate of drug-likeness (QED) is 0.327. The van der Waals surface area contributed by atoms with Gasteiger partial charge in [0.2, 0.25) is 5.17 Å². The molecule has 0 saturated heterocycles. The van der Waals surface area contributed by atoms with E-state index in [1.165, 1.54) is 36.6 Å². The van der Waals surface area contributed by atoms with Gasteiger partial charge in [0.1, 0.15) is 17.4 Å². The lowest BCUT2D eigenvalue weighted by atomic mass is 9.86. The van der Waals surface area contributed by atoms with Crippen molar-refractivity contribution in [3.63, 3.8) is 0 Å². The van der Waals surface area contributed by atoms with E-state index in [9.17, 15) is 4.79 Å². The third kappa shape index (κ3) is 5.12. The van der Waals surface area contributed by atoms with Crippen LogP contribution >= 0.6 is 11.8 Å². The van der Waals surface area contributed by atoms with Crippen molar-refractivity contribution in [3.8, 4) is 5.75 Å². The molecule has 1 aromatic heterocycles. The summed E-state index contributed by atoms with van der Waals surface area (Å²) in [6, 6.07) is 16.3. The number of benzene rings is 2. The van der Waals surface area contributed by atoms with Crippen molar-refractivity contribution in [3.05, 3.63) is 71.4 Å². The molecular formula is C32H35N5O2S. The number of hydrogen-bond acceptors (Lipinski definition) is 5. The number of amides is 1. The molecule has 8 heteroatoms. The summed E-state index contributed by atoms with van der Waals surface area (Å²) in [5.74, 6) is 1.01. The number of carbonyl (C=O) groups excluding carboxylic acids is 1. The molecule has 2 aliphatic heterocycles. The molecule has 0 unspecified atom stereocenters. The van der Waals surface area contributed by atoms with Gasteiger partial charge in [0.25, 0.3) is 5.91 Å². The molecule has 7 nitrogen and oxygen atoms in total. The fraction of sp³-hybridized carbons (Fsp3) is 0.375. The first-order valence-electron chi connectivity index (χ1n) is 14.1. The van der Waals surface area contributed by atoms with E-state index in [4.69, 9.17) is 15.2 Å². The largest absolute Gasteiger partial charge is 0.491 e. The first-order chi connectivity index (χ1) is 19.3. The molecule has 1 amide bonds. The number of rotatable bonds is 6. The SMILES string of the molecule is CC(C)(C)c1ccccc1OCCn1cc(/C=C2/C(=N)N3N=C(C4CCCCC4)SC3=NC2=O)c2ccccc21. The van der Waals surface area contributed by atoms with Gasteiger partial charge in [-0.3, -0.25) is 10.2 Å². The lowest BCUT2D eigenvalue weighted by Gasteiger charge is -2.22. The predicted molar refractivity (Wildman–Crippen MR) is 164 cm³/mol. The Morgan fingerprint density at radius 1 is 1.07 bits per heavy atom. The van der Waals surface area contributed by atoms with E-state index in [0.717, 1.165) is 40.1 Å². The van der Waals surface area contributed by atoms with Crippen LogP contribution in [0, 0.1) is 11.3 Å². The van der Waals surface area contributed by atoms with Crippen molar-refractivity contribution in [1.82, 2.24) is 9.58 Å². The van der Waals surface area contributed by atoms with Crippen molar-refractivity contribution < 1.29 is 9.53 Å². The van der Waals surface area contributed by atoms with Crippen LogP contribution in [-0.4, -0.2) is 38.1 Å². The summed E-state index contributed by atoms with van der Waals surface area (Å²) in [5.41, 5.74) is 3.36. The van der Waals surface area contributed by atoms with Gasteiger partial charge < -0.3 is 9.30 Å². The van der Waals surface area contributed by atoms with Gasteiger partial charge in [0.15, 0.2) is 5.84 Å². The molecule has 0 radical (unpaired) electrons. The van der Waals surface area contributed by atoms with Gasteiger partial charge in [-0.25, -0.2) is 0 Å². The van der Waals surface area contributed by atoms with E-state index < -0.39 is 0 Å². The highest BCUT2D eigenvalue weighted by Gasteiger charge is 2.38. The fourth-order valence-electron chi connectivity index (χ4n) is 5.72. The molecule has 1 saturated carbocycles. The Labute approximate surface area is 239 Å². The predicted octanol–water partition coefficient (Wildman–Crippen LogP) is 7.22. The van der Waals surface area contributed by atoms with Crippen LogP contribution in [0.5, 0.6) is 5.75 Å². The van der Waals surface area contributed by atoms with E-state index >= 15 is 0 Å². The Morgan fingerprint density at radius 3 is 2.62 bits per heavy atom. The summed E-state index contributed by atoms with van der Waals surface area (Å²) < 4.78 is 8.40. The normalized spacial score (nSPS) is 19.3. The molecule has 0 bridgehead atoms. The molecule has 2 aromatic carbocycles. The van der Waals surface area contributed by atoms with Gasteiger partial charge >= 0.3 is 0 Å². The molecule has 1 fully saturated rings. The molecule has 206 valence electrons. The number of para-hydroxylation sites is 2. The molecule has 3 aliphatic rings. The molecule has 0 spiro atoms. The molecule has 3 aromatic rings. The minimum Gasteiger partial charge on any atom is -0.491 e. The van der Waals surface area contributed by atoms with Crippen LogP contribution in [0.2, 0.25) is 0 Å². The fourth-order valence-corrected chi connectivity index (χ4v) is 6.78. The summed E-state index contributed by atoms with van der Waals surface area (Å²) in [6.45, 7) is 7.72. The number of fused-ring (bicyclic) bond motifs is 2. The highest BCUT2D eigenvalue weighted by atomic mass is 32.2. The molecule has 1 N–H and O–H groups in total. The maximum Gasteiger partial charge on any atom is 0.283 e. The zero-order valence-corrected chi connectivity index (χ0v) is 24.1. The summed E-state index contributed by atoms with van der Waals surface area (Å²) in [4.78, 5) is 17.4. The van der Waals surface area contributed by atoms with E-state index in [2.05, 4.69) is 42.5 Å². The minimum atomic E-state index is -0.386. The summed E-state index contributed by atoms with van der Waals surface area (Å²) in [6.07, 6.45) is 9.73. The minimum absolute atomic E-state index is 0.00942. The Balaban J connectivity index is 1.25. The molecule has 1 aliphatic carbocycles. The number of ether oxygens (including phenoxy) is 1. The van der Waals surface area contributed by atoms with Gasteiger partial charge in [-0.15, -0.1) is 0 Å². The van der Waals surface area contributed by atoms with Crippen LogP contribution in [0.15, 0.2) is 70.4 Å². The van der Waals surface area contributed by atoms with Crippen molar-refractivity contribution >= 4 is 50.7 Å². The number of nitrogens with one attached hydrogen (secondary N) is 1. The van der Waals surface area contributed by atoms with Crippen LogP contribution in [0.3, 0.4) is 0 Å². The first-order valence-corrected chi connectivity index (χ1v) is 14.9. The topological polar surface area (TPSA) is 83.0 Å². The molecule has 0 atom stereocenters. The van der Waals surface area contributed by atoms with E-state index in [0.29, 0.717) is 24.2 Å². The Bertz CT molecular complexity index is 1570. The number of aromatic nitrogens is 1. The zero-order chi connectivity index (χ0) is 27.9. The van der Waals surface area contributed by atoms with Crippen molar-refractivity contribution in [2.45, 2.75) is 64.8 Å². The number of nitrogens with zero attached hydrogens (tertiary/aromatic N) is 4. The Morgan fingerprint density at radius 2 is 1.82 bits per heavy atom. The number of hydrazone groups is 1. The lowest BCUT2D eigenvalue weighted by molar-refractivity contribution is -0.114. The molecule has 3 heterocycles. The highest BCUT2D eigenvalue weighted by Crippen LogP contribution is 2.37. The van der Waals surface area contributed by atoms with E-state index in [1.807, 2.05) is 42.6 Å². The van der Waals surface area contributed by atoms with E-state index in [1.54, 1.807) is 11.1 Å². The number of carbonyl (C=O) groups is 1. The Kier molecular flexibility index (Phi) is 7.13. The zero-order valence-electron chi connectivity index (χ0n) is 23.3. The van der Waals surface area contributed by atoms with Gasteiger partial charge in [-0.05, 0) is 53.8 Å². The second-order valence-corrected chi connectivity index (χ2v) is 12.7. The third-order valence-electron chi connectivity index (χ3n) is 7.83. The van der Waals surface area contributed by atoms with E-state index in [-0.39, 0.29) is 22.7 Å². The third-order valence-corrected chi connectivity index (χ3v) is 8.90. The van der Waals surface area contributed by atoms with Crippen molar-refractivity contribution in [2.75, 3.05) is 6.61 Å². The van der Waals surface area contributed by atoms with Crippen LogP contribution in [0.25, 0.3) is 17.0 Å². The van der Waals surface area contributed by atoms with Crippen LogP contribution < -0.4 is 4.74 Å². The standard InChI is InChI=1S/C32H35N5O2S/c1-32(2,3)25-14-8-10-16-27(25)39-18-17-36-20-22(23-13-7-9-15-26(23)36)19-24-28(33)37-31(34-29(24)38)40-30(35-37)21-11-5-4-6-12-21/h7-10,13-16,19-21,33H,4-6,11-12,17-18H2,1-3H3/b24-19-,33-28?. The van der Waals surface area contributed by atoms with Gasteiger partial charge in [-0.2, -0.15) is 15.1 Å². The first kappa shape index (κ1) is 26.6. The highest BCUT2D eigenvalue weighted by molar-refractivity contribution is 8.27. The number of hydrogen-bond donors (Lipinski definition) is 1. The smallest absolute Gasteiger partial charge is 0.283 e. The maximum atomic E-state index is 13.1. The summed E-state index contributed by atoms with van der Waals surface area (Å²) >= 11 is 1.45. The van der Waals surface area contributed by atoms with Gasteiger partial charge in [0, 0.05) is 28.6 Å². The molecule has 6 rings (SSSR count). The van der Waals surface area contributed by atoms with Crippen molar-refractivity contribution in [1.29, 1.82) is 5.41 Å². The lowest BCUT2D eigenvalue weighted by Crippen LogP contribution is -2.35.